The molecule has 138 valence electrons. The van der Waals surface area contributed by atoms with E-state index in [0.29, 0.717) is 12.5 Å². The van der Waals surface area contributed by atoms with Crippen LogP contribution in [-0.4, -0.2) is 31.8 Å². The molecular weight excluding hydrogens is 348 g/mol. The van der Waals surface area contributed by atoms with Crippen LogP contribution in [0.25, 0.3) is 11.0 Å². The SMILES string of the molecule is CC(CNc1nc(NC(C)(C)C)c2cnn(C)c2n1)c1ccccc1Cl. The lowest BCUT2D eigenvalue weighted by atomic mass is 10.0. The van der Waals surface area contributed by atoms with Crippen LogP contribution in [0.3, 0.4) is 0 Å². The van der Waals surface area contributed by atoms with Crippen LogP contribution in [0.1, 0.15) is 39.2 Å². The molecule has 0 spiro atoms. The fraction of sp³-hybridized carbons (Fsp3) is 0.421. The predicted molar refractivity (Wildman–Crippen MR) is 108 cm³/mol. The number of nitrogens with zero attached hydrogens (tertiary/aromatic N) is 4. The molecule has 0 bridgehead atoms. The van der Waals surface area contributed by atoms with Crippen molar-refractivity contribution >= 4 is 34.4 Å². The summed E-state index contributed by atoms with van der Waals surface area (Å²) in [5.74, 6) is 1.59. The van der Waals surface area contributed by atoms with E-state index >= 15 is 0 Å². The Hall–Kier alpha value is -2.34. The van der Waals surface area contributed by atoms with Gasteiger partial charge in [0.15, 0.2) is 5.65 Å². The van der Waals surface area contributed by atoms with E-state index in [4.69, 9.17) is 11.6 Å². The molecule has 2 N–H and O–H groups in total. The monoisotopic (exact) mass is 372 g/mol. The van der Waals surface area contributed by atoms with Crippen molar-refractivity contribution in [2.75, 3.05) is 17.2 Å². The molecule has 0 aliphatic heterocycles. The van der Waals surface area contributed by atoms with E-state index in [-0.39, 0.29) is 11.5 Å². The molecule has 2 heterocycles. The van der Waals surface area contributed by atoms with E-state index < -0.39 is 0 Å². The molecule has 0 fully saturated rings. The van der Waals surface area contributed by atoms with Crippen molar-refractivity contribution in [2.45, 2.75) is 39.2 Å². The van der Waals surface area contributed by atoms with E-state index in [1.54, 1.807) is 10.9 Å². The van der Waals surface area contributed by atoms with Crippen LogP contribution in [0, 0.1) is 0 Å². The van der Waals surface area contributed by atoms with Crippen LogP contribution in [0.4, 0.5) is 11.8 Å². The first-order valence-corrected chi connectivity index (χ1v) is 9.08. The molecule has 1 aromatic carbocycles. The first-order chi connectivity index (χ1) is 12.2. The largest absolute Gasteiger partial charge is 0.365 e. The van der Waals surface area contributed by atoms with Gasteiger partial charge in [-0.25, -0.2) is 0 Å². The standard InChI is InChI=1S/C19H25ClN6/c1-12(13-8-6-7-9-15(13)20)10-21-18-23-16(25-19(2,3)4)14-11-22-26(5)17(14)24-18/h6-9,11-12H,10H2,1-5H3,(H2,21,23,24,25). The fourth-order valence-electron chi connectivity index (χ4n) is 2.78. The molecule has 6 nitrogen and oxygen atoms in total. The van der Waals surface area contributed by atoms with Crippen molar-refractivity contribution in [3.05, 3.63) is 41.0 Å². The zero-order valence-electron chi connectivity index (χ0n) is 15.8. The van der Waals surface area contributed by atoms with E-state index in [1.807, 2.05) is 31.3 Å². The van der Waals surface area contributed by atoms with E-state index in [1.165, 1.54) is 0 Å². The second kappa shape index (κ2) is 7.11. The minimum atomic E-state index is -0.112. The zero-order valence-corrected chi connectivity index (χ0v) is 16.6. The van der Waals surface area contributed by atoms with Crippen LogP contribution in [0.2, 0.25) is 5.02 Å². The second-order valence-corrected chi connectivity index (χ2v) is 7.99. The quantitative estimate of drug-likeness (QED) is 0.692. The summed E-state index contributed by atoms with van der Waals surface area (Å²) < 4.78 is 1.76. The third-order valence-corrected chi connectivity index (χ3v) is 4.43. The number of halogens is 1. The van der Waals surface area contributed by atoms with Gasteiger partial charge in [0.05, 0.1) is 11.6 Å². The van der Waals surface area contributed by atoms with Gasteiger partial charge in [-0.3, -0.25) is 4.68 Å². The van der Waals surface area contributed by atoms with Gasteiger partial charge < -0.3 is 10.6 Å². The Labute approximate surface area is 159 Å². The van der Waals surface area contributed by atoms with Crippen molar-refractivity contribution in [3.63, 3.8) is 0 Å². The number of rotatable bonds is 5. The van der Waals surface area contributed by atoms with Crippen molar-refractivity contribution in [1.82, 2.24) is 19.7 Å². The second-order valence-electron chi connectivity index (χ2n) is 7.58. The molecule has 0 saturated heterocycles. The summed E-state index contributed by atoms with van der Waals surface area (Å²) in [6, 6.07) is 7.90. The Kier molecular flexibility index (Phi) is 5.05. The van der Waals surface area contributed by atoms with E-state index in [2.05, 4.69) is 53.4 Å². The van der Waals surface area contributed by atoms with Gasteiger partial charge in [-0.2, -0.15) is 15.1 Å². The van der Waals surface area contributed by atoms with Gasteiger partial charge in [0.1, 0.15) is 5.82 Å². The molecule has 0 radical (unpaired) electrons. The lowest BCUT2D eigenvalue weighted by molar-refractivity contribution is 0.631. The van der Waals surface area contributed by atoms with Crippen LogP contribution < -0.4 is 10.6 Å². The first-order valence-electron chi connectivity index (χ1n) is 8.71. The molecule has 0 aliphatic carbocycles. The van der Waals surface area contributed by atoms with Crippen molar-refractivity contribution in [2.24, 2.45) is 7.05 Å². The molecule has 3 aromatic rings. The number of benzene rings is 1. The van der Waals surface area contributed by atoms with Gasteiger partial charge in [-0.15, -0.1) is 0 Å². The highest BCUT2D eigenvalue weighted by Gasteiger charge is 2.17. The van der Waals surface area contributed by atoms with Crippen molar-refractivity contribution in [3.8, 4) is 0 Å². The Balaban J connectivity index is 1.86. The molecule has 1 unspecified atom stereocenters. The number of nitrogens with one attached hydrogen (secondary N) is 2. The number of aryl methyl sites for hydroxylation is 1. The smallest absolute Gasteiger partial charge is 0.226 e. The summed E-state index contributed by atoms with van der Waals surface area (Å²) in [5, 5.41) is 12.8. The molecule has 0 amide bonds. The summed E-state index contributed by atoms with van der Waals surface area (Å²) in [6.45, 7) is 9.12. The minimum Gasteiger partial charge on any atom is -0.365 e. The Morgan fingerprint density at radius 3 is 2.62 bits per heavy atom. The zero-order chi connectivity index (χ0) is 18.9. The highest BCUT2D eigenvalue weighted by Crippen LogP contribution is 2.26. The molecule has 2 aromatic heterocycles. The van der Waals surface area contributed by atoms with Crippen LogP contribution in [-0.2, 0) is 7.05 Å². The van der Waals surface area contributed by atoms with Gasteiger partial charge in [-0.1, -0.05) is 36.7 Å². The number of hydrogen-bond acceptors (Lipinski definition) is 5. The summed E-state index contributed by atoms with van der Waals surface area (Å²) in [4.78, 5) is 9.29. The third kappa shape index (κ3) is 4.07. The summed E-state index contributed by atoms with van der Waals surface area (Å²) in [6.07, 6.45) is 1.79. The summed E-state index contributed by atoms with van der Waals surface area (Å²) >= 11 is 6.30. The summed E-state index contributed by atoms with van der Waals surface area (Å²) in [7, 11) is 1.88. The maximum Gasteiger partial charge on any atom is 0.226 e. The number of anilines is 2. The van der Waals surface area contributed by atoms with Gasteiger partial charge in [0, 0.05) is 24.2 Å². The van der Waals surface area contributed by atoms with E-state index in [0.717, 1.165) is 27.4 Å². The molecular formula is C19H25ClN6. The average molecular weight is 373 g/mol. The van der Waals surface area contributed by atoms with Gasteiger partial charge in [-0.05, 0) is 38.3 Å². The molecule has 1 atom stereocenters. The average Bonchev–Trinajstić information content (AvgIpc) is 2.93. The van der Waals surface area contributed by atoms with Crippen LogP contribution in [0.15, 0.2) is 30.5 Å². The molecule has 3 rings (SSSR count). The fourth-order valence-corrected chi connectivity index (χ4v) is 3.10. The third-order valence-electron chi connectivity index (χ3n) is 4.09. The normalized spacial score (nSPS) is 13.0. The highest BCUT2D eigenvalue weighted by atomic mass is 35.5. The maximum atomic E-state index is 6.30. The lowest BCUT2D eigenvalue weighted by Crippen LogP contribution is -2.27. The molecule has 7 heteroatoms. The van der Waals surface area contributed by atoms with Crippen LogP contribution >= 0.6 is 11.6 Å². The number of hydrogen-bond donors (Lipinski definition) is 2. The Bertz CT molecular complexity index is 912. The van der Waals surface area contributed by atoms with Crippen molar-refractivity contribution < 1.29 is 0 Å². The summed E-state index contributed by atoms with van der Waals surface area (Å²) in [5.41, 5.74) is 1.79. The van der Waals surface area contributed by atoms with Gasteiger partial charge >= 0.3 is 0 Å². The topological polar surface area (TPSA) is 67.7 Å². The highest BCUT2D eigenvalue weighted by molar-refractivity contribution is 6.31. The van der Waals surface area contributed by atoms with Gasteiger partial charge in [0.25, 0.3) is 0 Å². The van der Waals surface area contributed by atoms with Crippen LogP contribution in [0.5, 0.6) is 0 Å². The molecule has 0 aliphatic rings. The lowest BCUT2D eigenvalue weighted by Gasteiger charge is -2.22. The number of fused-ring (bicyclic) bond motifs is 1. The Morgan fingerprint density at radius 2 is 1.92 bits per heavy atom. The van der Waals surface area contributed by atoms with Crippen molar-refractivity contribution in [1.29, 1.82) is 0 Å². The van der Waals surface area contributed by atoms with Gasteiger partial charge in [0.2, 0.25) is 5.95 Å². The maximum absolute atomic E-state index is 6.30. The predicted octanol–water partition coefficient (Wildman–Crippen LogP) is 4.44. The number of aromatic nitrogens is 4. The Morgan fingerprint density at radius 1 is 1.19 bits per heavy atom. The first kappa shape index (κ1) is 18.5. The molecule has 26 heavy (non-hydrogen) atoms. The minimum absolute atomic E-state index is 0.112. The molecule has 0 saturated carbocycles. The van der Waals surface area contributed by atoms with E-state index in [9.17, 15) is 0 Å².